The number of benzene rings is 1. The molecule has 2 rings (SSSR count). The molecule has 0 spiro atoms. The molecule has 106 valence electrons. The van der Waals surface area contributed by atoms with Crippen LogP contribution >= 0.6 is 23.4 Å². The van der Waals surface area contributed by atoms with Crippen LogP contribution in [-0.4, -0.2) is 25.9 Å². The highest BCUT2D eigenvalue weighted by Gasteiger charge is 2.18. The van der Waals surface area contributed by atoms with Gasteiger partial charge < -0.3 is 9.88 Å². The van der Waals surface area contributed by atoms with Crippen molar-refractivity contribution < 1.29 is 9.18 Å². The summed E-state index contributed by atoms with van der Waals surface area (Å²) in [4.78, 5) is 12.0. The van der Waals surface area contributed by atoms with Crippen molar-refractivity contribution in [2.45, 2.75) is 17.3 Å². The minimum absolute atomic E-state index is 0.102. The Morgan fingerprint density at radius 1 is 1.55 bits per heavy atom. The van der Waals surface area contributed by atoms with Gasteiger partial charge in [0.15, 0.2) is 5.16 Å². The minimum atomic E-state index is -0.568. The number of hydrogen-bond donors (Lipinski definition) is 1. The zero-order chi connectivity index (χ0) is 14.7. The molecule has 8 heteroatoms. The molecule has 1 aromatic carbocycles. The first-order valence-electron chi connectivity index (χ1n) is 5.74. The van der Waals surface area contributed by atoms with E-state index in [-0.39, 0.29) is 16.6 Å². The fourth-order valence-corrected chi connectivity index (χ4v) is 2.36. The Balaban J connectivity index is 2.02. The second kappa shape index (κ2) is 6.23. The van der Waals surface area contributed by atoms with Gasteiger partial charge in [-0.05, 0) is 25.1 Å². The topological polar surface area (TPSA) is 59.8 Å². The number of nitrogens with zero attached hydrogens (tertiary/aromatic N) is 3. The van der Waals surface area contributed by atoms with Crippen molar-refractivity contribution in [3.8, 4) is 0 Å². The fourth-order valence-electron chi connectivity index (χ4n) is 1.42. The molecule has 1 amide bonds. The summed E-state index contributed by atoms with van der Waals surface area (Å²) in [5, 5.41) is 10.6. The summed E-state index contributed by atoms with van der Waals surface area (Å²) >= 11 is 6.90. The first-order chi connectivity index (χ1) is 9.47. The minimum Gasteiger partial charge on any atom is -0.323 e. The summed E-state index contributed by atoms with van der Waals surface area (Å²) in [6, 6.07) is 4.09. The number of hydrogen-bond acceptors (Lipinski definition) is 4. The Morgan fingerprint density at radius 3 is 2.90 bits per heavy atom. The van der Waals surface area contributed by atoms with Crippen LogP contribution in [0, 0.1) is 5.82 Å². The summed E-state index contributed by atoms with van der Waals surface area (Å²) in [5.74, 6) is -0.888. The average molecular weight is 315 g/mol. The molecule has 0 saturated carbocycles. The van der Waals surface area contributed by atoms with Gasteiger partial charge in [-0.1, -0.05) is 23.4 Å². The second-order valence-electron chi connectivity index (χ2n) is 4.10. The van der Waals surface area contributed by atoms with Crippen molar-refractivity contribution in [3.63, 3.8) is 0 Å². The molecule has 0 aliphatic carbocycles. The van der Waals surface area contributed by atoms with E-state index in [4.69, 9.17) is 11.6 Å². The molecule has 1 aromatic heterocycles. The zero-order valence-electron chi connectivity index (χ0n) is 10.8. The molecule has 1 heterocycles. The van der Waals surface area contributed by atoms with Crippen molar-refractivity contribution in [3.05, 3.63) is 35.4 Å². The molecule has 2 aromatic rings. The molecular weight excluding hydrogens is 303 g/mol. The molecule has 0 radical (unpaired) electrons. The van der Waals surface area contributed by atoms with Gasteiger partial charge in [0.2, 0.25) is 5.91 Å². The Morgan fingerprint density at radius 2 is 2.30 bits per heavy atom. The molecule has 5 nitrogen and oxygen atoms in total. The fraction of sp³-hybridized carbons (Fsp3) is 0.250. The van der Waals surface area contributed by atoms with E-state index >= 15 is 0 Å². The third-order valence-corrected chi connectivity index (χ3v) is 3.89. The normalized spacial score (nSPS) is 12.2. The van der Waals surface area contributed by atoms with Crippen LogP contribution in [0.1, 0.15) is 6.92 Å². The van der Waals surface area contributed by atoms with Crippen molar-refractivity contribution in [1.29, 1.82) is 0 Å². The third kappa shape index (κ3) is 3.49. The Hall–Kier alpha value is -1.60. The van der Waals surface area contributed by atoms with Crippen LogP contribution in [0.15, 0.2) is 29.7 Å². The van der Waals surface area contributed by atoms with Gasteiger partial charge in [0.1, 0.15) is 12.1 Å². The number of carbonyl (C=O) groups excluding carboxylic acids is 1. The van der Waals surface area contributed by atoms with Gasteiger partial charge in [0.05, 0.1) is 10.9 Å². The summed E-state index contributed by atoms with van der Waals surface area (Å²) in [6.07, 6.45) is 1.55. The van der Waals surface area contributed by atoms with Gasteiger partial charge in [0.25, 0.3) is 0 Å². The third-order valence-electron chi connectivity index (χ3n) is 2.51. The molecule has 0 aliphatic heterocycles. The van der Waals surface area contributed by atoms with Gasteiger partial charge in [-0.15, -0.1) is 10.2 Å². The molecule has 0 aliphatic rings. The Labute approximate surface area is 124 Å². The standard InChI is InChI=1S/C12H12ClFN4OS/c1-7(20-12-17-15-6-18(12)2)11(19)16-10-4-3-8(13)5-9(10)14/h3-7H,1-2H3,(H,16,19)/t7-/m0/s1. The van der Waals surface area contributed by atoms with Crippen LogP contribution in [0.3, 0.4) is 0 Å². The predicted molar refractivity (Wildman–Crippen MR) is 76.4 cm³/mol. The number of thioether (sulfide) groups is 1. The molecule has 20 heavy (non-hydrogen) atoms. The summed E-state index contributed by atoms with van der Waals surface area (Å²) in [7, 11) is 1.78. The Kier molecular flexibility index (Phi) is 4.61. The maximum absolute atomic E-state index is 13.6. The van der Waals surface area contributed by atoms with Crippen molar-refractivity contribution in [1.82, 2.24) is 14.8 Å². The number of amides is 1. The van der Waals surface area contributed by atoms with Gasteiger partial charge in [0, 0.05) is 12.1 Å². The number of nitrogens with one attached hydrogen (secondary N) is 1. The molecule has 0 saturated heterocycles. The lowest BCUT2D eigenvalue weighted by Gasteiger charge is -2.11. The van der Waals surface area contributed by atoms with Crippen LogP contribution in [-0.2, 0) is 11.8 Å². The Bertz CT molecular complexity index is 634. The van der Waals surface area contributed by atoms with Crippen LogP contribution in [0.2, 0.25) is 5.02 Å². The monoisotopic (exact) mass is 314 g/mol. The van der Waals surface area contributed by atoms with Crippen LogP contribution < -0.4 is 5.32 Å². The molecule has 0 bridgehead atoms. The number of rotatable bonds is 4. The highest BCUT2D eigenvalue weighted by Crippen LogP contribution is 2.23. The largest absolute Gasteiger partial charge is 0.323 e. The van der Waals surface area contributed by atoms with E-state index in [2.05, 4.69) is 15.5 Å². The molecule has 0 fully saturated rings. The molecular formula is C12H12ClFN4OS. The highest BCUT2D eigenvalue weighted by molar-refractivity contribution is 8.00. The number of halogens is 2. The van der Waals surface area contributed by atoms with Crippen LogP contribution in [0.25, 0.3) is 0 Å². The second-order valence-corrected chi connectivity index (χ2v) is 5.84. The predicted octanol–water partition coefficient (Wildman–Crippen LogP) is 2.73. The van der Waals surface area contributed by atoms with Gasteiger partial charge in [-0.25, -0.2) is 4.39 Å². The van der Waals surface area contributed by atoms with Crippen molar-refractivity contribution in [2.24, 2.45) is 7.05 Å². The van der Waals surface area contributed by atoms with Crippen molar-refractivity contribution in [2.75, 3.05) is 5.32 Å². The van der Waals surface area contributed by atoms with E-state index in [0.717, 1.165) is 6.07 Å². The smallest absolute Gasteiger partial charge is 0.237 e. The van der Waals surface area contributed by atoms with E-state index in [0.29, 0.717) is 5.16 Å². The highest BCUT2D eigenvalue weighted by atomic mass is 35.5. The number of aryl methyl sites for hydroxylation is 1. The van der Waals surface area contributed by atoms with E-state index in [1.807, 2.05) is 0 Å². The van der Waals surface area contributed by atoms with E-state index in [9.17, 15) is 9.18 Å². The van der Waals surface area contributed by atoms with E-state index in [1.54, 1.807) is 24.9 Å². The molecule has 1 N–H and O–H groups in total. The average Bonchev–Trinajstić information content (AvgIpc) is 2.78. The quantitative estimate of drug-likeness (QED) is 0.882. The van der Waals surface area contributed by atoms with Crippen LogP contribution in [0.5, 0.6) is 0 Å². The molecule has 1 atom stereocenters. The van der Waals surface area contributed by atoms with E-state index in [1.165, 1.54) is 23.9 Å². The summed E-state index contributed by atoms with van der Waals surface area (Å²) in [5.41, 5.74) is 0.102. The lowest BCUT2D eigenvalue weighted by atomic mass is 10.3. The first-order valence-corrected chi connectivity index (χ1v) is 6.99. The SMILES string of the molecule is C[C@H](Sc1nncn1C)C(=O)Nc1ccc(Cl)cc1F. The maximum atomic E-state index is 13.6. The number of aromatic nitrogens is 3. The van der Waals surface area contributed by atoms with Gasteiger partial charge >= 0.3 is 0 Å². The van der Waals surface area contributed by atoms with E-state index < -0.39 is 11.1 Å². The first kappa shape index (κ1) is 14.8. The number of anilines is 1. The molecule has 0 unspecified atom stereocenters. The summed E-state index contributed by atoms with van der Waals surface area (Å²) in [6.45, 7) is 1.71. The number of carbonyl (C=O) groups is 1. The van der Waals surface area contributed by atoms with Crippen molar-refractivity contribution >= 4 is 35.0 Å². The lowest BCUT2D eigenvalue weighted by molar-refractivity contribution is -0.115. The summed E-state index contributed by atoms with van der Waals surface area (Å²) < 4.78 is 15.3. The van der Waals surface area contributed by atoms with Gasteiger partial charge in [-0.2, -0.15) is 0 Å². The van der Waals surface area contributed by atoms with Crippen LogP contribution in [0.4, 0.5) is 10.1 Å². The zero-order valence-corrected chi connectivity index (χ0v) is 12.4. The lowest BCUT2D eigenvalue weighted by Crippen LogP contribution is -2.23. The van der Waals surface area contributed by atoms with Gasteiger partial charge in [-0.3, -0.25) is 4.79 Å². The maximum Gasteiger partial charge on any atom is 0.237 e.